The van der Waals surface area contributed by atoms with Gasteiger partial charge in [0.2, 0.25) is 6.41 Å². The van der Waals surface area contributed by atoms with E-state index in [4.69, 9.17) is 10.8 Å². The van der Waals surface area contributed by atoms with Crippen molar-refractivity contribution >= 4 is 29.6 Å². The molecule has 0 fully saturated rings. The third-order valence-corrected chi connectivity index (χ3v) is 3.73. The maximum Gasteiger partial charge on any atom is 0.214 e. The number of hydrogen-bond donors (Lipinski definition) is 2. The second-order valence-corrected chi connectivity index (χ2v) is 5.18. The molecule has 0 aliphatic rings. The molecule has 0 spiro atoms. The Kier molecular flexibility index (Phi) is 6.83. The van der Waals surface area contributed by atoms with Gasteiger partial charge in [-0.25, -0.2) is 9.97 Å². The van der Waals surface area contributed by atoms with Gasteiger partial charge in [-0.2, -0.15) is 0 Å². The Morgan fingerprint density at radius 3 is 2.76 bits per heavy atom. The number of carbonyl (C=O) groups excluding carboxylic acids is 2. The van der Waals surface area contributed by atoms with Crippen LogP contribution in [0.1, 0.15) is 24.7 Å². The van der Waals surface area contributed by atoms with E-state index in [0.717, 1.165) is 11.8 Å². The fourth-order valence-electron chi connectivity index (χ4n) is 1.70. The number of nitrogens with two attached hydrogens (primary N) is 1. The molecule has 1 aromatic heterocycles. The smallest absolute Gasteiger partial charge is 0.214 e. The highest BCUT2D eigenvalue weighted by Gasteiger charge is 2.13. The molecule has 0 saturated carbocycles. The van der Waals surface area contributed by atoms with Crippen LogP contribution in [0, 0.1) is 6.92 Å². The van der Waals surface area contributed by atoms with Crippen molar-refractivity contribution in [3.8, 4) is 0 Å². The van der Waals surface area contributed by atoms with E-state index >= 15 is 0 Å². The SMILES string of the molecule is C/C(=C(\CCO)SC=O)N(C=O)Cc1cnc(C)nc1N. The van der Waals surface area contributed by atoms with Gasteiger partial charge in [-0.3, -0.25) is 9.59 Å². The van der Waals surface area contributed by atoms with Gasteiger partial charge in [0.15, 0.2) is 5.62 Å². The number of nitrogen functional groups attached to an aromatic ring is 1. The Labute approximate surface area is 127 Å². The lowest BCUT2D eigenvalue weighted by molar-refractivity contribution is -0.116. The minimum Gasteiger partial charge on any atom is -0.396 e. The van der Waals surface area contributed by atoms with Crippen LogP contribution >= 0.6 is 11.8 Å². The van der Waals surface area contributed by atoms with Crippen molar-refractivity contribution in [1.82, 2.24) is 14.9 Å². The number of hydrogen-bond acceptors (Lipinski definition) is 7. The summed E-state index contributed by atoms with van der Waals surface area (Å²) in [5, 5.41) is 9.02. The number of allylic oxidation sites excluding steroid dienone is 1. The lowest BCUT2D eigenvalue weighted by Crippen LogP contribution is -2.22. The van der Waals surface area contributed by atoms with Gasteiger partial charge in [-0.1, -0.05) is 11.8 Å². The van der Waals surface area contributed by atoms with Crippen molar-refractivity contribution in [1.29, 1.82) is 0 Å². The Balaban J connectivity index is 3.02. The van der Waals surface area contributed by atoms with Crippen molar-refractivity contribution < 1.29 is 14.7 Å². The number of aliphatic hydroxyl groups is 1. The molecule has 0 atom stereocenters. The van der Waals surface area contributed by atoms with Gasteiger partial charge in [0.25, 0.3) is 0 Å². The van der Waals surface area contributed by atoms with Gasteiger partial charge in [0.05, 0.1) is 6.54 Å². The standard InChI is InChI=1S/C13H18N4O3S/c1-9(12(3-4-18)21-8-20)17(7-19)6-11-5-15-10(2)16-13(11)14/h5,7-8,18H,3-4,6H2,1-2H3,(H2,14,15,16)/b12-9-. The fourth-order valence-corrected chi connectivity index (χ4v) is 2.31. The number of thioether (sulfide) groups is 1. The molecular weight excluding hydrogens is 292 g/mol. The summed E-state index contributed by atoms with van der Waals surface area (Å²) in [6, 6.07) is 0. The van der Waals surface area contributed by atoms with Gasteiger partial charge in [-0.05, 0) is 13.8 Å². The largest absolute Gasteiger partial charge is 0.396 e. The molecule has 0 aromatic carbocycles. The van der Waals surface area contributed by atoms with E-state index in [1.807, 2.05) is 0 Å². The van der Waals surface area contributed by atoms with Crippen LogP contribution in [0.4, 0.5) is 5.82 Å². The maximum atomic E-state index is 11.3. The van der Waals surface area contributed by atoms with Gasteiger partial charge in [0, 0.05) is 35.4 Å². The first-order valence-corrected chi connectivity index (χ1v) is 7.12. The molecule has 1 aromatic rings. The van der Waals surface area contributed by atoms with E-state index in [2.05, 4.69) is 9.97 Å². The van der Waals surface area contributed by atoms with Crippen molar-refractivity contribution in [3.63, 3.8) is 0 Å². The molecule has 7 nitrogen and oxygen atoms in total. The molecule has 0 saturated heterocycles. The highest BCUT2D eigenvalue weighted by molar-refractivity contribution is 8.15. The minimum absolute atomic E-state index is 0.101. The predicted octanol–water partition coefficient (Wildman–Crippen LogP) is 0.863. The number of amides is 1. The van der Waals surface area contributed by atoms with Crippen LogP contribution in [-0.4, -0.2) is 38.6 Å². The van der Waals surface area contributed by atoms with E-state index < -0.39 is 0 Å². The molecule has 1 heterocycles. The molecule has 0 aliphatic heterocycles. The molecule has 114 valence electrons. The van der Waals surface area contributed by atoms with Gasteiger partial charge < -0.3 is 15.7 Å². The summed E-state index contributed by atoms with van der Waals surface area (Å²) in [5.74, 6) is 0.868. The van der Waals surface area contributed by atoms with Crippen LogP contribution in [-0.2, 0) is 16.1 Å². The first-order valence-electron chi connectivity index (χ1n) is 6.24. The predicted molar refractivity (Wildman–Crippen MR) is 81.5 cm³/mol. The van der Waals surface area contributed by atoms with Gasteiger partial charge in [-0.15, -0.1) is 0 Å². The Bertz CT molecular complexity index is 548. The zero-order valence-electron chi connectivity index (χ0n) is 11.9. The van der Waals surface area contributed by atoms with E-state index in [1.165, 1.54) is 4.90 Å². The number of rotatable bonds is 8. The van der Waals surface area contributed by atoms with Crippen molar-refractivity contribution in [2.75, 3.05) is 12.3 Å². The lowest BCUT2D eigenvalue weighted by atomic mass is 10.2. The summed E-state index contributed by atoms with van der Waals surface area (Å²) < 4.78 is 0. The minimum atomic E-state index is -0.101. The van der Waals surface area contributed by atoms with E-state index in [9.17, 15) is 9.59 Å². The number of aryl methyl sites for hydroxylation is 1. The molecule has 1 rings (SSSR count). The summed E-state index contributed by atoms with van der Waals surface area (Å²) in [6.07, 6.45) is 2.52. The molecule has 21 heavy (non-hydrogen) atoms. The lowest BCUT2D eigenvalue weighted by Gasteiger charge is -2.21. The van der Waals surface area contributed by atoms with Gasteiger partial charge in [0.1, 0.15) is 11.6 Å². The zero-order chi connectivity index (χ0) is 15.8. The Hall–Kier alpha value is -1.93. The van der Waals surface area contributed by atoms with Crippen molar-refractivity contribution in [2.24, 2.45) is 0 Å². The third kappa shape index (κ3) is 4.83. The van der Waals surface area contributed by atoms with Crippen LogP contribution in [0.25, 0.3) is 0 Å². The summed E-state index contributed by atoms with van der Waals surface area (Å²) in [7, 11) is 0. The number of aliphatic hydroxyl groups excluding tert-OH is 1. The number of aromatic nitrogens is 2. The highest BCUT2D eigenvalue weighted by Crippen LogP contribution is 2.24. The highest BCUT2D eigenvalue weighted by atomic mass is 32.2. The van der Waals surface area contributed by atoms with Crippen LogP contribution in [0.2, 0.25) is 0 Å². The quantitative estimate of drug-likeness (QED) is 0.685. The maximum absolute atomic E-state index is 11.3. The first-order chi connectivity index (χ1) is 10.0. The van der Waals surface area contributed by atoms with Crippen LogP contribution in [0.3, 0.4) is 0 Å². The second kappa shape index (κ2) is 8.38. The first kappa shape index (κ1) is 17.1. The van der Waals surface area contributed by atoms with Crippen LogP contribution < -0.4 is 5.73 Å². The number of nitrogens with zero attached hydrogens (tertiary/aromatic N) is 3. The monoisotopic (exact) mass is 310 g/mol. The summed E-state index contributed by atoms with van der Waals surface area (Å²) in [6.45, 7) is 3.54. The molecule has 0 unspecified atom stereocenters. The van der Waals surface area contributed by atoms with Crippen molar-refractivity contribution in [3.05, 3.63) is 28.2 Å². The van der Waals surface area contributed by atoms with Crippen LogP contribution in [0.15, 0.2) is 16.8 Å². The Morgan fingerprint density at radius 1 is 1.52 bits per heavy atom. The molecule has 0 aliphatic carbocycles. The normalized spacial score (nSPS) is 11.8. The second-order valence-electron chi connectivity index (χ2n) is 4.26. The molecule has 8 heteroatoms. The summed E-state index contributed by atoms with van der Waals surface area (Å²) >= 11 is 0.946. The summed E-state index contributed by atoms with van der Waals surface area (Å²) in [5.41, 5.74) is 7.69. The third-order valence-electron chi connectivity index (χ3n) is 2.85. The summed E-state index contributed by atoms with van der Waals surface area (Å²) in [4.78, 5) is 32.1. The average Bonchev–Trinajstić information content (AvgIpc) is 2.45. The zero-order valence-corrected chi connectivity index (χ0v) is 12.8. The van der Waals surface area contributed by atoms with E-state index in [1.54, 1.807) is 20.0 Å². The topological polar surface area (TPSA) is 109 Å². The average molecular weight is 310 g/mol. The van der Waals surface area contributed by atoms with Crippen molar-refractivity contribution in [2.45, 2.75) is 26.8 Å². The molecular formula is C13H18N4O3S. The Morgan fingerprint density at radius 2 is 2.24 bits per heavy atom. The van der Waals surface area contributed by atoms with E-state index in [0.29, 0.717) is 46.3 Å². The number of anilines is 1. The molecule has 0 bridgehead atoms. The van der Waals surface area contributed by atoms with Crippen LogP contribution in [0.5, 0.6) is 0 Å². The van der Waals surface area contributed by atoms with E-state index in [-0.39, 0.29) is 13.2 Å². The molecule has 3 N–H and O–H groups in total. The molecule has 1 amide bonds. The van der Waals surface area contributed by atoms with Gasteiger partial charge >= 0.3 is 0 Å². The molecule has 0 radical (unpaired) electrons. The number of carbonyl (C=O) groups is 2. The fraction of sp³-hybridized carbons (Fsp3) is 0.385.